The van der Waals surface area contributed by atoms with Gasteiger partial charge in [0.15, 0.2) is 0 Å². The predicted octanol–water partition coefficient (Wildman–Crippen LogP) is 3.09. The minimum absolute atomic E-state index is 0.335. The van der Waals surface area contributed by atoms with E-state index in [1.165, 1.54) is 25.8 Å². The van der Waals surface area contributed by atoms with Crippen LogP contribution in [0.2, 0.25) is 0 Å². The SMILES string of the molecule is CN(C1CCNC1)C1CCC(C)(C)c2ccccc21. The molecule has 3 rings (SSSR count). The van der Waals surface area contributed by atoms with Crippen LogP contribution in [0.4, 0.5) is 0 Å². The molecule has 1 aliphatic carbocycles. The van der Waals surface area contributed by atoms with E-state index in [-0.39, 0.29) is 0 Å². The average molecular weight is 258 g/mol. The van der Waals surface area contributed by atoms with Crippen LogP contribution in [0, 0.1) is 0 Å². The second-order valence-electron chi connectivity index (χ2n) is 6.84. The van der Waals surface area contributed by atoms with Crippen LogP contribution in [-0.2, 0) is 5.41 Å². The molecule has 0 bridgehead atoms. The highest BCUT2D eigenvalue weighted by Gasteiger charge is 2.36. The van der Waals surface area contributed by atoms with Gasteiger partial charge in [0.2, 0.25) is 0 Å². The molecule has 0 aromatic heterocycles. The fourth-order valence-electron chi connectivity index (χ4n) is 3.86. The Morgan fingerprint density at radius 1 is 1.21 bits per heavy atom. The quantitative estimate of drug-likeness (QED) is 0.877. The van der Waals surface area contributed by atoms with Gasteiger partial charge >= 0.3 is 0 Å². The van der Waals surface area contributed by atoms with Gasteiger partial charge in [-0.05, 0) is 49.4 Å². The summed E-state index contributed by atoms with van der Waals surface area (Å²) >= 11 is 0. The Morgan fingerprint density at radius 2 is 2.00 bits per heavy atom. The molecule has 2 atom stereocenters. The zero-order valence-corrected chi connectivity index (χ0v) is 12.4. The van der Waals surface area contributed by atoms with Gasteiger partial charge in [0.1, 0.15) is 0 Å². The molecule has 2 heteroatoms. The van der Waals surface area contributed by atoms with E-state index >= 15 is 0 Å². The van der Waals surface area contributed by atoms with Gasteiger partial charge in [-0.15, -0.1) is 0 Å². The summed E-state index contributed by atoms with van der Waals surface area (Å²) in [6.45, 7) is 7.10. The lowest BCUT2D eigenvalue weighted by atomic mass is 9.70. The molecule has 19 heavy (non-hydrogen) atoms. The maximum absolute atomic E-state index is 3.49. The normalized spacial score (nSPS) is 29.5. The van der Waals surface area contributed by atoms with Crippen molar-refractivity contribution in [2.24, 2.45) is 0 Å². The molecule has 2 nitrogen and oxygen atoms in total. The zero-order valence-electron chi connectivity index (χ0n) is 12.4. The van der Waals surface area contributed by atoms with Crippen molar-refractivity contribution in [2.75, 3.05) is 20.1 Å². The maximum atomic E-state index is 3.49. The summed E-state index contributed by atoms with van der Waals surface area (Å²) in [4.78, 5) is 2.62. The Labute approximate surface area is 117 Å². The zero-order chi connectivity index (χ0) is 13.5. The van der Waals surface area contributed by atoms with E-state index in [0.717, 1.165) is 6.54 Å². The van der Waals surface area contributed by atoms with Crippen LogP contribution in [-0.4, -0.2) is 31.1 Å². The molecule has 0 spiro atoms. The minimum Gasteiger partial charge on any atom is -0.315 e. The van der Waals surface area contributed by atoms with Crippen molar-refractivity contribution in [3.63, 3.8) is 0 Å². The van der Waals surface area contributed by atoms with Crippen molar-refractivity contribution in [2.45, 2.75) is 50.6 Å². The molecule has 1 N–H and O–H groups in total. The summed E-state index contributed by atoms with van der Waals surface area (Å²) in [6.07, 6.45) is 3.87. The predicted molar refractivity (Wildman–Crippen MR) is 80.5 cm³/mol. The Kier molecular flexibility index (Phi) is 3.40. The molecule has 0 saturated carbocycles. The first-order valence-electron chi connectivity index (χ1n) is 7.62. The van der Waals surface area contributed by atoms with Crippen molar-refractivity contribution in [1.29, 1.82) is 0 Å². The second kappa shape index (κ2) is 4.92. The molecule has 1 aliphatic heterocycles. The van der Waals surface area contributed by atoms with Crippen LogP contribution < -0.4 is 5.32 Å². The van der Waals surface area contributed by atoms with Gasteiger partial charge < -0.3 is 5.32 Å². The van der Waals surface area contributed by atoms with Crippen LogP contribution in [0.25, 0.3) is 0 Å². The van der Waals surface area contributed by atoms with Crippen LogP contribution in [0.5, 0.6) is 0 Å². The van der Waals surface area contributed by atoms with E-state index in [9.17, 15) is 0 Å². The number of hydrogen-bond acceptors (Lipinski definition) is 2. The Morgan fingerprint density at radius 3 is 2.74 bits per heavy atom. The summed E-state index contributed by atoms with van der Waals surface area (Å²) in [5, 5.41) is 3.49. The van der Waals surface area contributed by atoms with Gasteiger partial charge in [-0.2, -0.15) is 0 Å². The highest BCUT2D eigenvalue weighted by Crippen LogP contribution is 2.44. The largest absolute Gasteiger partial charge is 0.315 e. The fourth-order valence-corrected chi connectivity index (χ4v) is 3.86. The minimum atomic E-state index is 0.335. The molecule has 1 aromatic carbocycles. The summed E-state index contributed by atoms with van der Waals surface area (Å²) in [6, 6.07) is 10.4. The van der Waals surface area contributed by atoms with Crippen molar-refractivity contribution in [3.05, 3.63) is 35.4 Å². The number of rotatable bonds is 2. The third-order valence-electron chi connectivity index (χ3n) is 5.19. The van der Waals surface area contributed by atoms with E-state index in [1.54, 1.807) is 11.1 Å². The Bertz CT molecular complexity index is 446. The van der Waals surface area contributed by atoms with Crippen molar-refractivity contribution in [3.8, 4) is 0 Å². The van der Waals surface area contributed by atoms with E-state index in [1.807, 2.05) is 0 Å². The molecule has 104 valence electrons. The standard InChI is InChI=1S/C17H26N2/c1-17(2)10-8-16(14-6-4-5-7-15(14)17)19(3)13-9-11-18-12-13/h4-7,13,16,18H,8-12H2,1-3H3. The molecule has 2 aliphatic rings. The summed E-state index contributed by atoms with van der Waals surface area (Å²) < 4.78 is 0. The molecule has 0 radical (unpaired) electrons. The van der Waals surface area contributed by atoms with Crippen LogP contribution in [0.3, 0.4) is 0 Å². The van der Waals surface area contributed by atoms with E-state index in [0.29, 0.717) is 17.5 Å². The smallest absolute Gasteiger partial charge is 0.0351 e. The maximum Gasteiger partial charge on any atom is 0.0351 e. The average Bonchev–Trinajstić information content (AvgIpc) is 2.92. The summed E-state index contributed by atoms with van der Waals surface area (Å²) in [7, 11) is 2.32. The number of benzene rings is 1. The third kappa shape index (κ3) is 2.32. The molecule has 1 aromatic rings. The number of nitrogens with zero attached hydrogens (tertiary/aromatic N) is 1. The lowest BCUT2D eigenvalue weighted by molar-refractivity contribution is 0.153. The number of likely N-dealkylation sites (N-methyl/N-ethyl adjacent to an activating group) is 1. The van der Waals surface area contributed by atoms with Gasteiger partial charge in [-0.1, -0.05) is 38.1 Å². The van der Waals surface area contributed by atoms with Crippen molar-refractivity contribution < 1.29 is 0 Å². The first kappa shape index (κ1) is 13.1. The van der Waals surface area contributed by atoms with E-state index in [4.69, 9.17) is 0 Å². The van der Waals surface area contributed by atoms with Gasteiger partial charge in [0, 0.05) is 18.6 Å². The number of fused-ring (bicyclic) bond motifs is 1. The van der Waals surface area contributed by atoms with E-state index < -0.39 is 0 Å². The summed E-state index contributed by atoms with van der Waals surface area (Å²) in [5.74, 6) is 0. The van der Waals surface area contributed by atoms with Crippen LogP contribution in [0.15, 0.2) is 24.3 Å². The van der Waals surface area contributed by atoms with Gasteiger partial charge in [0.05, 0.1) is 0 Å². The van der Waals surface area contributed by atoms with Gasteiger partial charge in [-0.25, -0.2) is 0 Å². The first-order chi connectivity index (χ1) is 9.09. The fraction of sp³-hybridized carbons (Fsp3) is 0.647. The second-order valence-corrected chi connectivity index (χ2v) is 6.84. The van der Waals surface area contributed by atoms with E-state index in [2.05, 4.69) is 55.4 Å². The Hall–Kier alpha value is -0.860. The summed E-state index contributed by atoms with van der Waals surface area (Å²) in [5.41, 5.74) is 3.46. The molecule has 2 unspecified atom stereocenters. The third-order valence-corrected chi connectivity index (χ3v) is 5.19. The Balaban J connectivity index is 1.91. The van der Waals surface area contributed by atoms with Crippen LogP contribution in [0.1, 0.15) is 50.3 Å². The highest BCUT2D eigenvalue weighted by molar-refractivity contribution is 5.38. The molecule has 1 saturated heterocycles. The first-order valence-corrected chi connectivity index (χ1v) is 7.62. The van der Waals surface area contributed by atoms with Crippen molar-refractivity contribution in [1.82, 2.24) is 10.2 Å². The number of nitrogens with one attached hydrogen (secondary N) is 1. The monoisotopic (exact) mass is 258 g/mol. The molecule has 1 fully saturated rings. The molecule has 1 heterocycles. The van der Waals surface area contributed by atoms with Gasteiger partial charge in [-0.3, -0.25) is 4.90 Å². The van der Waals surface area contributed by atoms with Gasteiger partial charge in [0.25, 0.3) is 0 Å². The van der Waals surface area contributed by atoms with Crippen molar-refractivity contribution >= 4 is 0 Å². The topological polar surface area (TPSA) is 15.3 Å². The lowest BCUT2D eigenvalue weighted by Gasteiger charge is -2.42. The lowest BCUT2D eigenvalue weighted by Crippen LogP contribution is -2.40. The molecular formula is C17H26N2. The molecule has 0 amide bonds. The highest BCUT2D eigenvalue weighted by atomic mass is 15.2. The van der Waals surface area contributed by atoms with Crippen LogP contribution >= 0.6 is 0 Å². The molecular weight excluding hydrogens is 232 g/mol. The number of hydrogen-bond donors (Lipinski definition) is 1.